The lowest BCUT2D eigenvalue weighted by Crippen LogP contribution is -2.14. The van der Waals surface area contributed by atoms with E-state index in [0.717, 1.165) is 0 Å². The first kappa shape index (κ1) is 15.5. The molecule has 16 heavy (non-hydrogen) atoms. The molecular formula is C5H12N2O7P2. The fourth-order valence-corrected chi connectivity index (χ4v) is 1.09. The van der Waals surface area contributed by atoms with Gasteiger partial charge in [-0.2, -0.15) is 0 Å². The zero-order chi connectivity index (χ0) is 12.8. The smallest absolute Gasteiger partial charge is 0.355 e. The molecule has 94 valence electrons. The van der Waals surface area contributed by atoms with Gasteiger partial charge in [-0.05, 0) is 0 Å². The number of rotatable bonds is 3. The van der Waals surface area contributed by atoms with E-state index >= 15 is 0 Å². The van der Waals surface area contributed by atoms with Crippen molar-refractivity contribution in [1.82, 2.24) is 9.55 Å². The maximum atomic E-state index is 10.5. The summed E-state index contributed by atoms with van der Waals surface area (Å²) in [4.78, 5) is 35.0. The first-order valence-electron chi connectivity index (χ1n) is 3.84. The molecule has 1 unspecified atom stereocenters. The van der Waals surface area contributed by atoms with Crippen molar-refractivity contribution in [2.24, 2.45) is 0 Å². The van der Waals surface area contributed by atoms with Gasteiger partial charge in [0.2, 0.25) is 0 Å². The van der Waals surface area contributed by atoms with Gasteiger partial charge in [-0.1, -0.05) is 0 Å². The van der Waals surface area contributed by atoms with Crippen LogP contribution < -0.4 is 0 Å². The third-order valence-electron chi connectivity index (χ3n) is 1.32. The van der Waals surface area contributed by atoms with E-state index in [9.17, 15) is 4.57 Å². The molecule has 11 heteroatoms. The van der Waals surface area contributed by atoms with Crippen LogP contribution in [0, 0.1) is 0 Å². The van der Waals surface area contributed by atoms with Crippen molar-refractivity contribution in [3.63, 3.8) is 0 Å². The summed E-state index contributed by atoms with van der Waals surface area (Å²) >= 11 is 0. The summed E-state index contributed by atoms with van der Waals surface area (Å²) in [6.07, 6.45) is 4.35. The van der Waals surface area contributed by atoms with E-state index in [0.29, 0.717) is 0 Å². The van der Waals surface area contributed by atoms with Gasteiger partial charge in [-0.3, -0.25) is 9.13 Å². The fraction of sp³-hybridized carbons (Fsp3) is 0.400. The molecule has 1 heterocycles. The molecule has 9 nitrogen and oxygen atoms in total. The van der Waals surface area contributed by atoms with Crippen LogP contribution in [0.1, 0.15) is 0 Å². The Hall–Kier alpha value is -0.530. The molecule has 1 rings (SSSR count). The van der Waals surface area contributed by atoms with Crippen LogP contribution in [0.15, 0.2) is 18.7 Å². The van der Waals surface area contributed by atoms with Crippen LogP contribution in [0.4, 0.5) is 0 Å². The van der Waals surface area contributed by atoms with Crippen LogP contribution in [-0.2, 0) is 15.7 Å². The second-order valence-corrected chi connectivity index (χ2v) is 4.95. The summed E-state index contributed by atoms with van der Waals surface area (Å²) in [7, 11) is -7.52. The molecule has 0 saturated heterocycles. The molecule has 0 bridgehead atoms. The average Bonchev–Trinajstić information content (AvgIpc) is 2.53. The Morgan fingerprint density at radius 3 is 2.25 bits per heavy atom. The van der Waals surface area contributed by atoms with E-state index in [4.69, 9.17) is 29.2 Å². The summed E-state index contributed by atoms with van der Waals surface area (Å²) in [5.41, 5.74) is 0. The highest BCUT2D eigenvalue weighted by atomic mass is 31.2. The van der Waals surface area contributed by atoms with Crippen LogP contribution in [0.3, 0.4) is 0 Å². The Balaban J connectivity index is 0.000000487. The monoisotopic (exact) mass is 274 g/mol. The van der Waals surface area contributed by atoms with Crippen molar-refractivity contribution in [1.29, 1.82) is 0 Å². The molecule has 0 aliphatic heterocycles. The van der Waals surface area contributed by atoms with E-state index in [-0.39, 0.29) is 6.54 Å². The lowest BCUT2D eigenvalue weighted by molar-refractivity contribution is 0.185. The Bertz CT molecular complexity index is 357. The maximum absolute atomic E-state index is 10.5. The highest BCUT2D eigenvalue weighted by Crippen LogP contribution is 2.40. The van der Waals surface area contributed by atoms with E-state index < -0.39 is 21.7 Å². The van der Waals surface area contributed by atoms with Crippen LogP contribution in [-0.4, -0.2) is 40.1 Å². The second kappa shape index (κ2) is 6.93. The van der Waals surface area contributed by atoms with E-state index in [1.165, 1.54) is 23.3 Å². The van der Waals surface area contributed by atoms with Crippen molar-refractivity contribution in [3.8, 4) is 0 Å². The minimum absolute atomic E-state index is 0.149. The zero-order valence-corrected chi connectivity index (χ0v) is 9.81. The number of imidazole rings is 1. The molecule has 0 saturated carbocycles. The largest absolute Gasteiger partial charge is 0.379 e. The van der Waals surface area contributed by atoms with Gasteiger partial charge in [0, 0.05) is 12.4 Å². The Kier molecular flexibility index (Phi) is 6.70. The average molecular weight is 274 g/mol. The molecular weight excluding hydrogens is 262 g/mol. The number of hydrogen-bond acceptors (Lipinski definition) is 4. The normalized spacial score (nSPS) is 13.1. The van der Waals surface area contributed by atoms with Crippen molar-refractivity contribution in [2.75, 3.05) is 0 Å². The van der Waals surface area contributed by atoms with Crippen molar-refractivity contribution in [3.05, 3.63) is 18.7 Å². The van der Waals surface area contributed by atoms with Crippen LogP contribution in [0.5, 0.6) is 0 Å². The predicted molar refractivity (Wildman–Crippen MR) is 53.7 cm³/mol. The van der Waals surface area contributed by atoms with Crippen molar-refractivity contribution < 1.29 is 33.8 Å². The number of nitrogens with zero attached hydrogens (tertiary/aromatic N) is 2. The minimum atomic E-state index is -4.39. The van der Waals surface area contributed by atoms with Crippen LogP contribution in [0.25, 0.3) is 0 Å². The molecule has 5 N–H and O–H groups in total. The molecule has 0 radical (unpaired) electrons. The molecule has 0 aromatic carbocycles. The fourth-order valence-electron chi connectivity index (χ4n) is 0.690. The first-order valence-corrected chi connectivity index (χ1v) is 6.83. The topological polar surface area (TPSA) is 153 Å². The Morgan fingerprint density at radius 2 is 1.94 bits per heavy atom. The molecule has 0 aliphatic rings. The molecule has 1 aromatic rings. The van der Waals surface area contributed by atoms with Gasteiger partial charge in [0.25, 0.3) is 0 Å². The molecule has 0 amide bonds. The van der Waals surface area contributed by atoms with Gasteiger partial charge >= 0.3 is 15.9 Å². The number of aliphatic hydroxyl groups excluding tert-OH is 1. The highest BCUT2D eigenvalue weighted by Gasteiger charge is 2.26. The molecule has 1 aromatic heterocycles. The summed E-state index contributed by atoms with van der Waals surface area (Å²) in [6, 6.07) is 0. The number of hydrogen-bond donors (Lipinski definition) is 5. The van der Waals surface area contributed by atoms with Gasteiger partial charge in [0.1, 0.15) is 0 Å². The van der Waals surface area contributed by atoms with Crippen molar-refractivity contribution in [2.45, 2.75) is 12.4 Å². The summed E-state index contributed by atoms with van der Waals surface area (Å²) in [5.74, 6) is -1.66. The van der Waals surface area contributed by atoms with Gasteiger partial charge in [-0.25, -0.2) is 4.98 Å². The molecule has 0 spiro atoms. The van der Waals surface area contributed by atoms with Crippen molar-refractivity contribution >= 4 is 15.9 Å². The predicted octanol–water partition coefficient (Wildman–Crippen LogP) is -1.26. The second-order valence-electron chi connectivity index (χ2n) is 2.61. The Morgan fingerprint density at radius 1 is 1.44 bits per heavy atom. The summed E-state index contributed by atoms with van der Waals surface area (Å²) in [6.45, 7) is -0.149. The van der Waals surface area contributed by atoms with Crippen LogP contribution in [0.2, 0.25) is 0 Å². The van der Waals surface area contributed by atoms with E-state index in [2.05, 4.69) is 4.98 Å². The van der Waals surface area contributed by atoms with E-state index in [1.807, 2.05) is 0 Å². The third-order valence-corrected chi connectivity index (χ3v) is 2.26. The first-order chi connectivity index (χ1) is 7.23. The van der Waals surface area contributed by atoms with Gasteiger partial charge in [0.05, 0.1) is 12.9 Å². The lowest BCUT2D eigenvalue weighted by Gasteiger charge is -2.11. The Labute approximate surface area is 91.1 Å². The molecule has 0 fully saturated rings. The maximum Gasteiger partial charge on any atom is 0.355 e. The van der Waals surface area contributed by atoms with E-state index in [1.54, 1.807) is 0 Å². The van der Waals surface area contributed by atoms with Gasteiger partial charge in [-0.15, -0.1) is 0 Å². The standard InChI is InChI=1S/C5H9N2O4P.H3O3P/c8-5(12(9,10)11)3-7-2-1-6-4-7;1-4(2)3/h1-2,4-5,8H,3H2,(H2,9,10,11);4H,(H2,1,2,3). The molecule has 0 aliphatic carbocycles. The quantitative estimate of drug-likeness (QED) is 0.428. The number of aromatic nitrogens is 2. The van der Waals surface area contributed by atoms with Crippen LogP contribution >= 0.6 is 15.9 Å². The SMILES string of the molecule is O=P(O)(O)C(O)Cn1ccnc1.O=[PH](O)O. The summed E-state index contributed by atoms with van der Waals surface area (Å²) in [5, 5.41) is 8.95. The zero-order valence-electron chi connectivity index (χ0n) is 7.91. The number of aliphatic hydroxyl groups is 1. The lowest BCUT2D eigenvalue weighted by atomic mass is 10.6. The molecule has 1 atom stereocenters. The highest BCUT2D eigenvalue weighted by molar-refractivity contribution is 7.52. The third kappa shape index (κ3) is 7.72. The minimum Gasteiger partial charge on any atom is -0.379 e. The summed E-state index contributed by atoms with van der Waals surface area (Å²) < 4.78 is 20.6. The van der Waals surface area contributed by atoms with Gasteiger partial charge < -0.3 is 29.2 Å². The van der Waals surface area contributed by atoms with Gasteiger partial charge in [0.15, 0.2) is 5.85 Å².